The predicted molar refractivity (Wildman–Crippen MR) is 76.7 cm³/mol. The lowest BCUT2D eigenvalue weighted by Crippen LogP contribution is -1.92. The minimum absolute atomic E-state index is 0.0710. The van der Waals surface area contributed by atoms with Crippen molar-refractivity contribution in [2.24, 2.45) is 0 Å². The van der Waals surface area contributed by atoms with E-state index >= 15 is 0 Å². The van der Waals surface area contributed by atoms with Gasteiger partial charge >= 0.3 is 0 Å². The quantitative estimate of drug-likeness (QED) is 0.272. The molecule has 2 heteroatoms. The number of allylic oxidation sites excluding steroid dienone is 2. The molecule has 0 aliphatic heterocycles. The van der Waals surface area contributed by atoms with Crippen LogP contribution in [-0.4, -0.2) is 12.1 Å². The molecule has 0 fully saturated rings. The fourth-order valence-electron chi connectivity index (χ4n) is 2.02. The first-order chi connectivity index (χ1) is 8.81. The highest BCUT2D eigenvalue weighted by Crippen LogP contribution is 2.11. The van der Waals surface area contributed by atoms with Crippen molar-refractivity contribution in [2.75, 3.05) is 0 Å². The highest BCUT2D eigenvalue weighted by Gasteiger charge is 1.97. The van der Waals surface area contributed by atoms with Gasteiger partial charge in [0.25, 0.3) is 0 Å². The fourth-order valence-corrected chi connectivity index (χ4v) is 2.02. The molecule has 2 nitrogen and oxygen atoms in total. The highest BCUT2D eigenvalue weighted by atomic mass is 16.1. The van der Waals surface area contributed by atoms with E-state index in [-0.39, 0.29) is 5.78 Å². The summed E-state index contributed by atoms with van der Waals surface area (Å²) >= 11 is 0. The average Bonchev–Trinajstić information content (AvgIpc) is 2.38. The Balaban J connectivity index is 3.14. The molecule has 0 spiro atoms. The second-order valence-corrected chi connectivity index (χ2v) is 4.89. The number of aldehydes is 1. The summed E-state index contributed by atoms with van der Waals surface area (Å²) in [6.45, 7) is 2.24. The van der Waals surface area contributed by atoms with Gasteiger partial charge < -0.3 is 0 Å². The summed E-state index contributed by atoms with van der Waals surface area (Å²) in [7, 11) is 0. The predicted octanol–water partition coefficient (Wildman–Crippen LogP) is 4.62. The van der Waals surface area contributed by atoms with Crippen molar-refractivity contribution in [3.8, 4) is 0 Å². The van der Waals surface area contributed by atoms with E-state index in [9.17, 15) is 9.59 Å². The molecule has 18 heavy (non-hydrogen) atoms. The van der Waals surface area contributed by atoms with Crippen LogP contribution >= 0.6 is 0 Å². The SMILES string of the molecule is CCCCCCCCCCCCC(=O)C=CC=O. The van der Waals surface area contributed by atoms with Gasteiger partial charge in [-0.2, -0.15) is 0 Å². The minimum Gasteiger partial charge on any atom is -0.299 e. The van der Waals surface area contributed by atoms with Crippen LogP contribution in [-0.2, 0) is 9.59 Å². The third kappa shape index (κ3) is 13.1. The Hall–Kier alpha value is -0.920. The maximum Gasteiger partial charge on any atom is 0.155 e. The first kappa shape index (κ1) is 17.1. The zero-order valence-electron chi connectivity index (χ0n) is 11.8. The van der Waals surface area contributed by atoms with Crippen molar-refractivity contribution in [2.45, 2.75) is 77.6 Å². The van der Waals surface area contributed by atoms with Crippen molar-refractivity contribution in [3.63, 3.8) is 0 Å². The number of hydrogen-bond acceptors (Lipinski definition) is 2. The Bertz CT molecular complexity index is 231. The zero-order chi connectivity index (χ0) is 13.5. The van der Waals surface area contributed by atoms with E-state index in [2.05, 4.69) is 6.92 Å². The first-order valence-corrected chi connectivity index (χ1v) is 7.46. The van der Waals surface area contributed by atoms with Crippen molar-refractivity contribution in [1.82, 2.24) is 0 Å². The van der Waals surface area contributed by atoms with Gasteiger partial charge in [0.1, 0.15) is 6.29 Å². The number of carbonyl (C=O) groups is 2. The molecule has 0 heterocycles. The summed E-state index contributed by atoms with van der Waals surface area (Å²) in [6.07, 6.45) is 16.6. The molecule has 104 valence electrons. The van der Waals surface area contributed by atoms with Gasteiger partial charge in [0.15, 0.2) is 5.78 Å². The van der Waals surface area contributed by atoms with Gasteiger partial charge in [0, 0.05) is 6.42 Å². The summed E-state index contributed by atoms with van der Waals surface area (Å²) in [5.41, 5.74) is 0. The van der Waals surface area contributed by atoms with E-state index in [0.717, 1.165) is 12.8 Å². The molecule has 0 aromatic carbocycles. The Morgan fingerprint density at radius 3 is 1.83 bits per heavy atom. The second-order valence-electron chi connectivity index (χ2n) is 4.89. The average molecular weight is 252 g/mol. The lowest BCUT2D eigenvalue weighted by molar-refractivity contribution is -0.115. The van der Waals surface area contributed by atoms with Crippen LogP contribution in [0.4, 0.5) is 0 Å². The van der Waals surface area contributed by atoms with Crippen molar-refractivity contribution in [1.29, 1.82) is 0 Å². The van der Waals surface area contributed by atoms with Gasteiger partial charge in [-0.05, 0) is 18.6 Å². The Labute approximate surface area is 112 Å². The molecule has 0 aromatic heterocycles. The van der Waals surface area contributed by atoms with Gasteiger partial charge in [0.05, 0.1) is 0 Å². The number of unbranched alkanes of at least 4 members (excludes halogenated alkanes) is 9. The maximum absolute atomic E-state index is 11.2. The molecule has 0 unspecified atom stereocenters. The van der Waals surface area contributed by atoms with E-state index in [1.54, 1.807) is 0 Å². The normalized spacial score (nSPS) is 10.9. The number of carbonyl (C=O) groups excluding carboxylic acids is 2. The van der Waals surface area contributed by atoms with E-state index < -0.39 is 0 Å². The third-order valence-corrected chi connectivity index (χ3v) is 3.14. The molecule has 0 atom stereocenters. The van der Waals surface area contributed by atoms with Crippen LogP contribution in [0.1, 0.15) is 77.6 Å². The summed E-state index contributed by atoms with van der Waals surface area (Å²) in [5.74, 6) is 0.0710. The van der Waals surface area contributed by atoms with Crippen LogP contribution in [0.5, 0.6) is 0 Å². The van der Waals surface area contributed by atoms with Crippen LogP contribution in [0.25, 0.3) is 0 Å². The highest BCUT2D eigenvalue weighted by molar-refractivity contribution is 5.92. The standard InChI is InChI=1S/C16H28O2/c1-2-3-4-5-6-7-8-9-10-11-13-16(18)14-12-15-17/h12,14-15H,2-11,13H2,1H3. The fraction of sp³-hybridized carbons (Fsp3) is 0.750. The molecule has 0 rings (SSSR count). The summed E-state index contributed by atoms with van der Waals surface area (Å²) in [4.78, 5) is 21.2. The molecule has 0 radical (unpaired) electrons. The molecule has 0 saturated heterocycles. The van der Waals surface area contributed by atoms with Crippen LogP contribution in [0, 0.1) is 0 Å². The molecule has 0 amide bonds. The van der Waals surface area contributed by atoms with E-state index in [1.807, 2.05) is 0 Å². The first-order valence-electron chi connectivity index (χ1n) is 7.46. The Morgan fingerprint density at radius 1 is 0.833 bits per heavy atom. The lowest BCUT2D eigenvalue weighted by atomic mass is 10.0. The van der Waals surface area contributed by atoms with E-state index in [4.69, 9.17) is 0 Å². The van der Waals surface area contributed by atoms with Crippen LogP contribution in [0.15, 0.2) is 12.2 Å². The molecule has 0 N–H and O–H groups in total. The van der Waals surface area contributed by atoms with Gasteiger partial charge in [-0.25, -0.2) is 0 Å². The third-order valence-electron chi connectivity index (χ3n) is 3.14. The smallest absolute Gasteiger partial charge is 0.155 e. The molecular formula is C16H28O2. The van der Waals surface area contributed by atoms with Crippen LogP contribution < -0.4 is 0 Å². The number of ketones is 1. The topological polar surface area (TPSA) is 34.1 Å². The summed E-state index contributed by atoms with van der Waals surface area (Å²) in [5, 5.41) is 0. The summed E-state index contributed by atoms with van der Waals surface area (Å²) < 4.78 is 0. The van der Waals surface area contributed by atoms with Crippen molar-refractivity contribution in [3.05, 3.63) is 12.2 Å². The Morgan fingerprint density at radius 2 is 1.33 bits per heavy atom. The van der Waals surface area contributed by atoms with E-state index in [1.165, 1.54) is 63.5 Å². The van der Waals surface area contributed by atoms with Gasteiger partial charge in [-0.3, -0.25) is 9.59 Å². The molecule has 0 aromatic rings. The van der Waals surface area contributed by atoms with Crippen LogP contribution in [0.2, 0.25) is 0 Å². The van der Waals surface area contributed by atoms with E-state index in [0.29, 0.717) is 12.7 Å². The largest absolute Gasteiger partial charge is 0.299 e. The number of rotatable bonds is 13. The molecule has 0 aliphatic rings. The monoisotopic (exact) mass is 252 g/mol. The molecular weight excluding hydrogens is 224 g/mol. The second kappa shape index (κ2) is 14.1. The van der Waals surface area contributed by atoms with Gasteiger partial charge in [0.2, 0.25) is 0 Å². The zero-order valence-corrected chi connectivity index (χ0v) is 11.8. The maximum atomic E-state index is 11.2. The van der Waals surface area contributed by atoms with Crippen LogP contribution in [0.3, 0.4) is 0 Å². The molecule has 0 bridgehead atoms. The summed E-state index contributed by atoms with van der Waals surface area (Å²) in [6, 6.07) is 0. The lowest BCUT2D eigenvalue weighted by Gasteiger charge is -2.01. The number of hydrogen-bond donors (Lipinski definition) is 0. The van der Waals surface area contributed by atoms with Gasteiger partial charge in [-0.1, -0.05) is 64.7 Å². The van der Waals surface area contributed by atoms with Crippen molar-refractivity contribution < 1.29 is 9.59 Å². The molecule has 0 aliphatic carbocycles. The van der Waals surface area contributed by atoms with Gasteiger partial charge in [-0.15, -0.1) is 0 Å². The molecule has 0 saturated carbocycles. The van der Waals surface area contributed by atoms with Crippen molar-refractivity contribution >= 4 is 12.1 Å². The Kier molecular flexibility index (Phi) is 13.4. The minimum atomic E-state index is 0.0710.